The molecule has 0 aliphatic heterocycles. The lowest BCUT2D eigenvalue weighted by Gasteiger charge is -2.23. The maximum absolute atomic E-state index is 13.1. The molecule has 0 radical (unpaired) electrons. The average molecular weight is 336 g/mol. The fraction of sp³-hybridized carbons (Fsp3) is 0.579. The van der Waals surface area contributed by atoms with Crippen molar-refractivity contribution in [3.05, 3.63) is 35.9 Å². The van der Waals surface area contributed by atoms with Gasteiger partial charge in [0.25, 0.3) is 0 Å². The Bertz CT molecular complexity index is 554. The van der Waals surface area contributed by atoms with Gasteiger partial charge < -0.3 is 9.05 Å². The molecule has 0 aliphatic carbocycles. The third kappa shape index (κ3) is 7.36. The minimum absolute atomic E-state index is 0.145. The fourth-order valence-corrected chi connectivity index (χ4v) is 3.96. The highest BCUT2D eigenvalue weighted by molar-refractivity contribution is 7.55. The Morgan fingerprint density at radius 3 is 2.13 bits per heavy atom. The van der Waals surface area contributed by atoms with E-state index < -0.39 is 13.3 Å². The predicted octanol–water partition coefficient (Wildman–Crippen LogP) is 5.30. The van der Waals surface area contributed by atoms with Crippen LogP contribution in [0.1, 0.15) is 46.6 Å². The Kier molecular flexibility index (Phi) is 8.06. The van der Waals surface area contributed by atoms with Gasteiger partial charge in [0.2, 0.25) is 0 Å². The highest BCUT2D eigenvalue weighted by atomic mass is 31.2. The van der Waals surface area contributed by atoms with Crippen LogP contribution < -0.4 is 0 Å². The van der Waals surface area contributed by atoms with E-state index >= 15 is 0 Å². The number of aryl methyl sites for hydroxylation is 1. The van der Waals surface area contributed by atoms with Gasteiger partial charge >= 0.3 is 7.60 Å². The molecule has 0 N–H and O–H groups in total. The van der Waals surface area contributed by atoms with Crippen LogP contribution in [0, 0.1) is 17.3 Å². The van der Waals surface area contributed by atoms with Gasteiger partial charge in [0.05, 0.1) is 13.2 Å². The zero-order chi connectivity index (χ0) is 17.3. The van der Waals surface area contributed by atoms with Crippen LogP contribution in [0.15, 0.2) is 30.3 Å². The molecule has 0 aliphatic rings. The van der Waals surface area contributed by atoms with Crippen LogP contribution >= 0.6 is 7.60 Å². The Labute approximate surface area is 141 Å². The van der Waals surface area contributed by atoms with Crippen molar-refractivity contribution >= 4 is 7.60 Å². The number of hydrogen-bond donors (Lipinski definition) is 0. The molecule has 1 atom stereocenters. The standard InChI is InChI=1S/C19H29O3P/c1-6-21-23(20,22-7-2)18(15-16-19(3,4)5)14-13-17-11-9-8-10-12-17/h8-12,18H,6-7,13-14H2,1-5H3/t18-/m1/s1. The topological polar surface area (TPSA) is 35.5 Å². The Hall–Kier alpha value is -1.07. The first-order chi connectivity index (χ1) is 10.8. The summed E-state index contributed by atoms with van der Waals surface area (Å²) in [6.45, 7) is 10.5. The molecular formula is C19H29O3P. The third-order valence-corrected chi connectivity index (χ3v) is 5.55. The first-order valence-corrected chi connectivity index (χ1v) is 9.87. The van der Waals surface area contributed by atoms with Crippen LogP contribution in [-0.4, -0.2) is 18.9 Å². The van der Waals surface area contributed by atoms with Gasteiger partial charge in [-0.2, -0.15) is 0 Å². The van der Waals surface area contributed by atoms with Gasteiger partial charge in [-0.3, -0.25) is 4.57 Å². The van der Waals surface area contributed by atoms with Gasteiger partial charge in [0.15, 0.2) is 0 Å². The lowest BCUT2D eigenvalue weighted by Crippen LogP contribution is -2.14. The fourth-order valence-electron chi connectivity index (χ4n) is 2.13. The van der Waals surface area contributed by atoms with Crippen molar-refractivity contribution in [1.82, 2.24) is 0 Å². The van der Waals surface area contributed by atoms with Crippen LogP contribution in [0.3, 0.4) is 0 Å². The predicted molar refractivity (Wildman–Crippen MR) is 96.6 cm³/mol. The molecule has 1 aromatic rings. The van der Waals surface area contributed by atoms with E-state index in [1.54, 1.807) is 0 Å². The zero-order valence-corrected chi connectivity index (χ0v) is 15.9. The minimum Gasteiger partial charge on any atom is -0.308 e. The van der Waals surface area contributed by atoms with Gasteiger partial charge in [-0.05, 0) is 53.0 Å². The quantitative estimate of drug-likeness (QED) is 0.477. The molecule has 1 rings (SSSR count). The Morgan fingerprint density at radius 1 is 1.09 bits per heavy atom. The van der Waals surface area contributed by atoms with Crippen LogP contribution in [-0.2, 0) is 20.0 Å². The summed E-state index contributed by atoms with van der Waals surface area (Å²) in [5.74, 6) is 6.38. The van der Waals surface area contributed by atoms with E-state index in [1.165, 1.54) is 5.56 Å². The second kappa shape index (κ2) is 9.28. The first-order valence-electron chi connectivity index (χ1n) is 8.26. The minimum atomic E-state index is -3.23. The summed E-state index contributed by atoms with van der Waals surface area (Å²) in [7, 11) is -3.23. The Morgan fingerprint density at radius 2 is 1.65 bits per heavy atom. The molecule has 0 amide bonds. The number of hydrogen-bond acceptors (Lipinski definition) is 3. The van der Waals surface area contributed by atoms with Crippen LogP contribution in [0.2, 0.25) is 0 Å². The summed E-state index contributed by atoms with van der Waals surface area (Å²) in [5, 5.41) is 0. The van der Waals surface area contributed by atoms with E-state index in [2.05, 4.69) is 24.0 Å². The van der Waals surface area contributed by atoms with Crippen molar-refractivity contribution in [3.8, 4) is 11.8 Å². The first kappa shape index (κ1) is 20.0. The van der Waals surface area contributed by atoms with Crippen molar-refractivity contribution in [3.63, 3.8) is 0 Å². The summed E-state index contributed by atoms with van der Waals surface area (Å²) < 4.78 is 24.1. The molecule has 1 aromatic carbocycles. The third-order valence-electron chi connectivity index (χ3n) is 3.16. The van der Waals surface area contributed by atoms with Crippen LogP contribution in [0.4, 0.5) is 0 Å². The number of rotatable bonds is 8. The molecule has 4 heteroatoms. The summed E-state index contributed by atoms with van der Waals surface area (Å²) in [6.07, 6.45) is 1.46. The molecule has 0 heterocycles. The van der Waals surface area contributed by atoms with Crippen LogP contribution in [0.5, 0.6) is 0 Å². The molecule has 23 heavy (non-hydrogen) atoms. The van der Waals surface area contributed by atoms with Crippen molar-refractivity contribution in [2.45, 2.75) is 53.1 Å². The molecule has 128 valence electrons. The van der Waals surface area contributed by atoms with Gasteiger partial charge in [0, 0.05) is 5.41 Å². The van der Waals surface area contributed by atoms with Crippen molar-refractivity contribution < 1.29 is 13.6 Å². The van der Waals surface area contributed by atoms with Gasteiger partial charge in [-0.1, -0.05) is 42.2 Å². The van der Waals surface area contributed by atoms with E-state index in [9.17, 15) is 4.57 Å². The van der Waals surface area contributed by atoms with E-state index in [4.69, 9.17) is 9.05 Å². The monoisotopic (exact) mass is 336 g/mol. The van der Waals surface area contributed by atoms with Gasteiger partial charge in [0.1, 0.15) is 5.66 Å². The highest BCUT2D eigenvalue weighted by Gasteiger charge is 2.34. The summed E-state index contributed by atoms with van der Waals surface area (Å²) in [6, 6.07) is 10.2. The van der Waals surface area contributed by atoms with Crippen molar-refractivity contribution in [2.24, 2.45) is 5.41 Å². The largest absolute Gasteiger partial charge is 0.345 e. The zero-order valence-electron chi connectivity index (χ0n) is 15.0. The Balaban J connectivity index is 2.99. The van der Waals surface area contributed by atoms with Crippen LogP contribution in [0.25, 0.3) is 0 Å². The average Bonchev–Trinajstić information content (AvgIpc) is 2.47. The summed E-state index contributed by atoms with van der Waals surface area (Å²) in [4.78, 5) is 0. The van der Waals surface area contributed by atoms with E-state index in [0.29, 0.717) is 19.6 Å². The van der Waals surface area contributed by atoms with Gasteiger partial charge in [-0.15, -0.1) is 0 Å². The lowest BCUT2D eigenvalue weighted by atomic mass is 9.97. The molecular weight excluding hydrogens is 307 g/mol. The molecule has 3 nitrogen and oxygen atoms in total. The second-order valence-corrected chi connectivity index (χ2v) is 8.65. The summed E-state index contributed by atoms with van der Waals surface area (Å²) >= 11 is 0. The molecule has 0 unspecified atom stereocenters. The normalized spacial score (nSPS) is 13.3. The second-order valence-electron chi connectivity index (χ2n) is 6.43. The van der Waals surface area contributed by atoms with Gasteiger partial charge in [-0.25, -0.2) is 0 Å². The van der Waals surface area contributed by atoms with E-state index in [1.807, 2.05) is 52.8 Å². The summed E-state index contributed by atoms with van der Waals surface area (Å²) in [5.41, 5.74) is 0.658. The maximum atomic E-state index is 13.1. The smallest absolute Gasteiger partial charge is 0.308 e. The maximum Gasteiger partial charge on any atom is 0.345 e. The lowest BCUT2D eigenvalue weighted by molar-refractivity contribution is 0.215. The molecule has 0 saturated carbocycles. The van der Waals surface area contributed by atoms with E-state index in [-0.39, 0.29) is 5.41 Å². The van der Waals surface area contributed by atoms with E-state index in [0.717, 1.165) is 6.42 Å². The highest BCUT2D eigenvalue weighted by Crippen LogP contribution is 2.54. The van der Waals surface area contributed by atoms with Crippen molar-refractivity contribution in [2.75, 3.05) is 13.2 Å². The molecule has 0 bridgehead atoms. The number of benzene rings is 1. The molecule has 0 spiro atoms. The SMILES string of the molecule is CCOP(=O)(OCC)[C@@H](C#CC(C)(C)C)CCc1ccccc1. The van der Waals surface area contributed by atoms with Crippen molar-refractivity contribution in [1.29, 1.82) is 0 Å². The molecule has 0 saturated heterocycles. The molecule has 0 aromatic heterocycles. The molecule has 0 fully saturated rings.